The molecule has 1 saturated heterocycles. The molecule has 4 rings (SSSR count). The van der Waals surface area contributed by atoms with Crippen molar-refractivity contribution >= 4 is 34.4 Å². The first kappa shape index (κ1) is 19.3. The van der Waals surface area contributed by atoms with Crippen LogP contribution in [0.5, 0.6) is 0 Å². The number of likely N-dealkylation sites (tertiary alicyclic amines) is 1. The van der Waals surface area contributed by atoms with Crippen molar-refractivity contribution in [2.24, 2.45) is 0 Å². The van der Waals surface area contributed by atoms with Gasteiger partial charge in [-0.2, -0.15) is 0 Å². The van der Waals surface area contributed by atoms with E-state index in [1.54, 1.807) is 16.8 Å². The summed E-state index contributed by atoms with van der Waals surface area (Å²) >= 11 is 6.02. The van der Waals surface area contributed by atoms with Gasteiger partial charge in [-0.15, -0.1) is 0 Å². The van der Waals surface area contributed by atoms with Crippen LogP contribution in [-0.4, -0.2) is 58.1 Å². The number of nitrogens with one attached hydrogen (secondary N) is 2. The summed E-state index contributed by atoms with van der Waals surface area (Å²) < 4.78 is 4.76. The van der Waals surface area contributed by atoms with Crippen molar-refractivity contribution in [3.05, 3.63) is 53.0 Å². The van der Waals surface area contributed by atoms with Crippen molar-refractivity contribution in [3.63, 3.8) is 0 Å². The number of halogens is 1. The number of H-pyrrole nitrogens is 1. The lowest BCUT2D eigenvalue weighted by Gasteiger charge is -2.37. The minimum atomic E-state index is -0.175. The maximum absolute atomic E-state index is 12.6. The molecule has 3 amide bonds. The molecule has 3 aromatic rings. The van der Waals surface area contributed by atoms with Gasteiger partial charge in [0, 0.05) is 41.8 Å². The van der Waals surface area contributed by atoms with Crippen molar-refractivity contribution in [1.82, 2.24) is 25.3 Å². The van der Waals surface area contributed by atoms with E-state index in [9.17, 15) is 9.59 Å². The van der Waals surface area contributed by atoms with Crippen LogP contribution in [0.3, 0.4) is 0 Å². The summed E-state index contributed by atoms with van der Waals surface area (Å²) in [6, 6.07) is 7.38. The van der Waals surface area contributed by atoms with Gasteiger partial charge in [0.2, 0.25) is 0 Å². The van der Waals surface area contributed by atoms with Crippen LogP contribution in [0.4, 0.5) is 4.79 Å². The fourth-order valence-electron chi connectivity index (χ4n) is 3.67. The Morgan fingerprint density at radius 2 is 2.28 bits per heavy atom. The summed E-state index contributed by atoms with van der Waals surface area (Å²) in [5.74, 6) is -0.124. The van der Waals surface area contributed by atoms with Crippen molar-refractivity contribution < 1.29 is 14.1 Å². The molecule has 1 aliphatic heterocycles. The summed E-state index contributed by atoms with van der Waals surface area (Å²) in [4.78, 5) is 31.8. The molecule has 1 fully saturated rings. The van der Waals surface area contributed by atoms with E-state index in [-0.39, 0.29) is 18.0 Å². The Balaban J connectivity index is 1.34. The van der Waals surface area contributed by atoms with Gasteiger partial charge in [0.15, 0.2) is 0 Å². The van der Waals surface area contributed by atoms with Gasteiger partial charge >= 0.3 is 6.03 Å². The molecule has 0 bridgehead atoms. The highest BCUT2D eigenvalue weighted by atomic mass is 35.5. The Kier molecular flexibility index (Phi) is 5.44. The van der Waals surface area contributed by atoms with E-state index < -0.39 is 0 Å². The van der Waals surface area contributed by atoms with E-state index in [1.807, 2.05) is 24.3 Å². The lowest BCUT2D eigenvalue weighted by molar-refractivity contribution is 0.0635. The number of rotatable bonds is 4. The zero-order chi connectivity index (χ0) is 20.4. The predicted molar refractivity (Wildman–Crippen MR) is 109 cm³/mol. The number of likely N-dealkylation sites (N-methyl/N-ethyl adjacent to an activating group) is 1. The number of benzene rings is 1. The van der Waals surface area contributed by atoms with Gasteiger partial charge in [-0.25, -0.2) is 4.79 Å². The summed E-state index contributed by atoms with van der Waals surface area (Å²) in [6.45, 7) is 1.53. The first-order valence-electron chi connectivity index (χ1n) is 9.48. The van der Waals surface area contributed by atoms with E-state index in [4.69, 9.17) is 16.1 Å². The SMILES string of the molecule is CN(C(=O)NCc1cc2cc(Cl)ccc2[nH]1)[C@@H]1CCCN(C(=O)c2cnoc2)C1. The van der Waals surface area contributed by atoms with Gasteiger partial charge in [0.25, 0.3) is 5.91 Å². The van der Waals surface area contributed by atoms with Crippen molar-refractivity contribution in [1.29, 1.82) is 0 Å². The number of carbonyl (C=O) groups excluding carboxylic acids is 2. The maximum atomic E-state index is 12.6. The largest absolute Gasteiger partial charge is 0.364 e. The first-order valence-corrected chi connectivity index (χ1v) is 9.85. The summed E-state index contributed by atoms with van der Waals surface area (Å²) in [5, 5.41) is 8.20. The van der Waals surface area contributed by atoms with Gasteiger partial charge < -0.3 is 24.6 Å². The number of aromatic amines is 1. The van der Waals surface area contributed by atoms with Gasteiger partial charge in [0.1, 0.15) is 6.26 Å². The van der Waals surface area contributed by atoms with Crippen LogP contribution >= 0.6 is 11.6 Å². The molecule has 0 aliphatic carbocycles. The maximum Gasteiger partial charge on any atom is 0.317 e. The van der Waals surface area contributed by atoms with Crippen LogP contribution in [0.1, 0.15) is 28.9 Å². The molecule has 2 N–H and O–H groups in total. The van der Waals surface area contributed by atoms with E-state index in [1.165, 1.54) is 12.5 Å². The molecular weight excluding hydrogens is 394 g/mol. The molecular formula is C20H22ClN5O3. The predicted octanol–water partition coefficient (Wildman–Crippen LogP) is 3.26. The quantitative estimate of drug-likeness (QED) is 0.683. The van der Waals surface area contributed by atoms with Crippen LogP contribution in [0, 0.1) is 0 Å². The number of fused-ring (bicyclic) bond motifs is 1. The third-order valence-corrected chi connectivity index (χ3v) is 5.53. The lowest BCUT2D eigenvalue weighted by Crippen LogP contribution is -2.52. The molecule has 3 heterocycles. The Morgan fingerprint density at radius 3 is 3.07 bits per heavy atom. The molecule has 0 radical (unpaired) electrons. The van der Waals surface area contributed by atoms with Gasteiger partial charge in [-0.1, -0.05) is 16.8 Å². The van der Waals surface area contributed by atoms with Crippen molar-refractivity contribution in [2.45, 2.75) is 25.4 Å². The number of aromatic nitrogens is 2. The van der Waals surface area contributed by atoms with E-state index in [2.05, 4.69) is 15.5 Å². The second-order valence-corrected chi connectivity index (χ2v) is 7.69. The second kappa shape index (κ2) is 8.16. The van der Waals surface area contributed by atoms with Crippen LogP contribution in [0.15, 0.2) is 41.2 Å². The molecule has 1 aromatic carbocycles. The molecule has 9 heteroatoms. The minimum absolute atomic E-state index is 0.0471. The number of piperidine rings is 1. The third kappa shape index (κ3) is 4.22. The van der Waals surface area contributed by atoms with E-state index >= 15 is 0 Å². The normalized spacial score (nSPS) is 16.8. The molecule has 8 nitrogen and oxygen atoms in total. The fourth-order valence-corrected chi connectivity index (χ4v) is 3.85. The molecule has 0 unspecified atom stereocenters. The molecule has 1 aliphatic rings. The van der Waals surface area contributed by atoms with E-state index in [0.717, 1.165) is 29.4 Å². The highest BCUT2D eigenvalue weighted by Crippen LogP contribution is 2.20. The smallest absolute Gasteiger partial charge is 0.317 e. The fraction of sp³-hybridized carbons (Fsp3) is 0.350. The average Bonchev–Trinajstić information content (AvgIpc) is 3.40. The zero-order valence-corrected chi connectivity index (χ0v) is 16.8. The highest BCUT2D eigenvalue weighted by Gasteiger charge is 2.29. The zero-order valence-electron chi connectivity index (χ0n) is 16.0. The molecule has 0 saturated carbocycles. The average molecular weight is 416 g/mol. The number of nitrogens with zero attached hydrogens (tertiary/aromatic N) is 3. The number of carbonyl (C=O) groups is 2. The van der Waals surface area contributed by atoms with Crippen LogP contribution in [-0.2, 0) is 6.54 Å². The second-order valence-electron chi connectivity index (χ2n) is 7.26. The van der Waals surface area contributed by atoms with Gasteiger partial charge in [-0.3, -0.25) is 4.79 Å². The Hall–Kier alpha value is -3.00. The Bertz CT molecular complexity index is 1020. The van der Waals surface area contributed by atoms with Gasteiger partial charge in [0.05, 0.1) is 24.3 Å². The van der Waals surface area contributed by atoms with Gasteiger partial charge in [-0.05, 0) is 37.1 Å². The number of urea groups is 1. The Morgan fingerprint density at radius 1 is 1.41 bits per heavy atom. The minimum Gasteiger partial charge on any atom is -0.364 e. The molecule has 29 heavy (non-hydrogen) atoms. The summed E-state index contributed by atoms with van der Waals surface area (Å²) in [6.07, 6.45) is 4.44. The first-order chi connectivity index (χ1) is 14.0. The summed E-state index contributed by atoms with van der Waals surface area (Å²) in [7, 11) is 1.76. The highest BCUT2D eigenvalue weighted by molar-refractivity contribution is 6.31. The van der Waals surface area contributed by atoms with Crippen LogP contribution in [0.2, 0.25) is 5.02 Å². The third-order valence-electron chi connectivity index (χ3n) is 5.30. The number of hydrogen-bond acceptors (Lipinski definition) is 4. The lowest BCUT2D eigenvalue weighted by atomic mass is 10.0. The van der Waals surface area contributed by atoms with Crippen LogP contribution < -0.4 is 5.32 Å². The molecule has 0 spiro atoms. The molecule has 1 atom stereocenters. The number of hydrogen-bond donors (Lipinski definition) is 2. The molecule has 152 valence electrons. The monoisotopic (exact) mass is 415 g/mol. The van der Waals surface area contributed by atoms with E-state index in [0.29, 0.717) is 30.2 Å². The van der Waals surface area contributed by atoms with Crippen LogP contribution in [0.25, 0.3) is 10.9 Å². The standard InChI is InChI=1S/C20H22ClN5O3/c1-25(17-3-2-6-26(11-17)19(27)14-9-23-29-12-14)20(28)22-10-16-8-13-7-15(21)4-5-18(13)24-16/h4-5,7-9,12,17,24H,2-3,6,10-11H2,1H3,(H,22,28)/t17-/m1/s1. The van der Waals surface area contributed by atoms with Crippen molar-refractivity contribution in [2.75, 3.05) is 20.1 Å². The molecule has 2 aromatic heterocycles. The number of amides is 3. The Labute approximate surface area is 172 Å². The topological polar surface area (TPSA) is 94.5 Å². The summed E-state index contributed by atoms with van der Waals surface area (Å²) in [5.41, 5.74) is 2.30. The van der Waals surface area contributed by atoms with Crippen molar-refractivity contribution in [3.8, 4) is 0 Å².